The Morgan fingerprint density at radius 2 is 2.15 bits per heavy atom. The van der Waals surface area contributed by atoms with E-state index in [0.717, 1.165) is 28.7 Å². The molecule has 1 N–H and O–H groups in total. The van der Waals surface area contributed by atoms with Gasteiger partial charge in [0.05, 0.1) is 25.4 Å². The Morgan fingerprint density at radius 3 is 2.92 bits per heavy atom. The number of benzene rings is 2. The third kappa shape index (κ3) is 2.57. The summed E-state index contributed by atoms with van der Waals surface area (Å²) < 4.78 is 19.5. The van der Waals surface area contributed by atoms with E-state index in [9.17, 15) is 14.4 Å². The summed E-state index contributed by atoms with van der Waals surface area (Å²) in [7, 11) is 0. The van der Waals surface area contributed by atoms with E-state index in [1.165, 1.54) is 12.1 Å². The molecule has 0 atom stereocenters. The second-order valence-corrected chi connectivity index (χ2v) is 6.51. The molecule has 0 fully saturated rings. The molecule has 2 aliphatic rings. The van der Waals surface area contributed by atoms with E-state index in [2.05, 4.69) is 5.16 Å². The van der Waals surface area contributed by atoms with Gasteiger partial charge in [0.1, 0.15) is 5.82 Å². The Kier molecular flexibility index (Phi) is 4.20. The van der Waals surface area contributed by atoms with Crippen molar-refractivity contribution in [1.29, 1.82) is 0 Å². The quantitative estimate of drug-likeness (QED) is 0.680. The summed E-state index contributed by atoms with van der Waals surface area (Å²) in [6, 6.07) is 8.61. The Morgan fingerprint density at radius 1 is 1.31 bits per heavy atom. The van der Waals surface area contributed by atoms with E-state index in [4.69, 9.17) is 4.74 Å². The Balaban J connectivity index is 1.79. The molecule has 0 radical (unpaired) electrons. The van der Waals surface area contributed by atoms with Crippen LogP contribution in [-0.4, -0.2) is 23.4 Å². The molecule has 134 valence electrons. The summed E-state index contributed by atoms with van der Waals surface area (Å²) in [4.78, 5) is 14.4. The van der Waals surface area contributed by atoms with Crippen LogP contribution < -0.4 is 4.90 Å². The molecule has 2 aliphatic heterocycles. The van der Waals surface area contributed by atoms with Crippen LogP contribution in [0.25, 0.3) is 0 Å². The van der Waals surface area contributed by atoms with Crippen LogP contribution >= 0.6 is 0 Å². The summed E-state index contributed by atoms with van der Waals surface area (Å²) in [5.74, 6) is -0.706. The monoisotopic (exact) mass is 354 g/mol. The van der Waals surface area contributed by atoms with Crippen LogP contribution in [0.5, 0.6) is 0 Å². The van der Waals surface area contributed by atoms with E-state index in [1.54, 1.807) is 4.90 Å². The second-order valence-electron chi connectivity index (χ2n) is 6.51. The predicted molar refractivity (Wildman–Crippen MR) is 95.1 cm³/mol. The zero-order valence-corrected chi connectivity index (χ0v) is 14.5. The number of hydrogen-bond acceptors (Lipinski definition) is 4. The molecule has 26 heavy (non-hydrogen) atoms. The van der Waals surface area contributed by atoms with E-state index < -0.39 is 0 Å². The standard InChI is InChI=1S/C20H19FN2O3/c1-2-12-4-3-5-17-18(12)19(22-25)20(24)23(17)10-13-8-15(21)9-14-11-26-7-6-16(13)14/h3-5,8-9,25H,2,6-7,10-11H2,1H3/b22-19-. The van der Waals surface area contributed by atoms with Crippen molar-refractivity contribution in [1.82, 2.24) is 0 Å². The second kappa shape index (κ2) is 6.53. The topological polar surface area (TPSA) is 62.1 Å². The average molecular weight is 354 g/mol. The third-order valence-corrected chi connectivity index (χ3v) is 5.07. The first-order valence-electron chi connectivity index (χ1n) is 8.68. The number of hydrogen-bond donors (Lipinski definition) is 1. The molecule has 0 unspecified atom stereocenters. The molecule has 0 aromatic heterocycles. The van der Waals surface area contributed by atoms with Gasteiger partial charge in [-0.3, -0.25) is 4.79 Å². The first-order valence-corrected chi connectivity index (χ1v) is 8.68. The predicted octanol–water partition coefficient (Wildman–Crippen LogP) is 3.19. The minimum Gasteiger partial charge on any atom is -0.410 e. The highest BCUT2D eigenvalue weighted by atomic mass is 19.1. The van der Waals surface area contributed by atoms with Gasteiger partial charge in [-0.15, -0.1) is 0 Å². The van der Waals surface area contributed by atoms with Crippen LogP contribution in [0.3, 0.4) is 0 Å². The van der Waals surface area contributed by atoms with Crippen molar-refractivity contribution in [2.75, 3.05) is 11.5 Å². The molecule has 2 aromatic carbocycles. The maximum absolute atomic E-state index is 14.1. The molecule has 4 rings (SSSR count). The number of nitrogens with zero attached hydrogens (tertiary/aromatic N) is 2. The minimum atomic E-state index is -0.367. The molecule has 0 spiro atoms. The van der Waals surface area contributed by atoms with Gasteiger partial charge < -0.3 is 14.8 Å². The Labute approximate surface area is 150 Å². The molecular weight excluding hydrogens is 335 g/mol. The first-order chi connectivity index (χ1) is 12.6. The van der Waals surface area contributed by atoms with Gasteiger partial charge in [-0.05, 0) is 53.3 Å². The van der Waals surface area contributed by atoms with Gasteiger partial charge >= 0.3 is 0 Å². The van der Waals surface area contributed by atoms with Gasteiger partial charge in [-0.1, -0.05) is 24.2 Å². The van der Waals surface area contributed by atoms with E-state index >= 15 is 0 Å². The van der Waals surface area contributed by atoms with Gasteiger partial charge in [-0.2, -0.15) is 0 Å². The van der Waals surface area contributed by atoms with E-state index in [0.29, 0.717) is 30.9 Å². The largest absolute Gasteiger partial charge is 0.410 e. The molecule has 2 aromatic rings. The van der Waals surface area contributed by atoms with Gasteiger partial charge in [0.2, 0.25) is 0 Å². The Hall–Kier alpha value is -2.73. The fourth-order valence-corrected chi connectivity index (χ4v) is 3.85. The summed E-state index contributed by atoms with van der Waals surface area (Å²) in [6.07, 6.45) is 1.41. The van der Waals surface area contributed by atoms with Crippen molar-refractivity contribution >= 4 is 17.3 Å². The zero-order valence-electron chi connectivity index (χ0n) is 14.5. The van der Waals surface area contributed by atoms with Crippen molar-refractivity contribution in [3.05, 3.63) is 64.0 Å². The van der Waals surface area contributed by atoms with Crippen molar-refractivity contribution in [3.63, 3.8) is 0 Å². The van der Waals surface area contributed by atoms with Gasteiger partial charge in [0.15, 0.2) is 5.71 Å². The lowest BCUT2D eigenvalue weighted by atomic mass is 9.96. The van der Waals surface area contributed by atoms with Crippen molar-refractivity contribution < 1.29 is 19.1 Å². The molecule has 0 saturated heterocycles. The smallest absolute Gasteiger partial charge is 0.281 e. The number of oxime groups is 1. The van der Waals surface area contributed by atoms with Crippen LogP contribution in [-0.2, 0) is 35.5 Å². The number of ether oxygens (including phenoxy) is 1. The van der Waals surface area contributed by atoms with Crippen LogP contribution in [0.4, 0.5) is 10.1 Å². The molecule has 0 saturated carbocycles. The van der Waals surface area contributed by atoms with Crippen LogP contribution in [0.15, 0.2) is 35.5 Å². The van der Waals surface area contributed by atoms with Gasteiger partial charge in [0, 0.05) is 5.56 Å². The van der Waals surface area contributed by atoms with Crippen LogP contribution in [0, 0.1) is 5.82 Å². The average Bonchev–Trinajstić information content (AvgIpc) is 2.93. The number of aryl methyl sites for hydroxylation is 1. The third-order valence-electron chi connectivity index (χ3n) is 5.07. The van der Waals surface area contributed by atoms with Crippen molar-refractivity contribution in [2.45, 2.75) is 32.9 Å². The van der Waals surface area contributed by atoms with E-state index in [1.807, 2.05) is 25.1 Å². The number of rotatable bonds is 3. The molecule has 6 heteroatoms. The highest BCUT2D eigenvalue weighted by Gasteiger charge is 2.36. The van der Waals surface area contributed by atoms with Crippen LogP contribution in [0.1, 0.15) is 34.7 Å². The maximum Gasteiger partial charge on any atom is 0.281 e. The SMILES string of the molecule is CCc1cccc2c1/C(=N/O)C(=O)N2Cc1cc(F)cc2c1CCOC2. The van der Waals surface area contributed by atoms with Crippen LogP contribution in [0.2, 0.25) is 0 Å². The lowest BCUT2D eigenvalue weighted by molar-refractivity contribution is -0.112. The van der Waals surface area contributed by atoms with Crippen molar-refractivity contribution in [3.8, 4) is 0 Å². The fraction of sp³-hybridized carbons (Fsp3) is 0.300. The first kappa shape index (κ1) is 16.7. The summed E-state index contributed by atoms with van der Waals surface area (Å²) >= 11 is 0. The lowest BCUT2D eigenvalue weighted by Crippen LogP contribution is -2.30. The van der Waals surface area contributed by atoms with E-state index in [-0.39, 0.29) is 24.0 Å². The molecule has 1 amide bonds. The fourth-order valence-electron chi connectivity index (χ4n) is 3.85. The van der Waals surface area contributed by atoms with Crippen molar-refractivity contribution in [2.24, 2.45) is 5.16 Å². The number of anilines is 1. The molecule has 0 bridgehead atoms. The molecular formula is C20H19FN2O3. The number of carbonyl (C=O) groups is 1. The number of halogens is 1. The summed E-state index contributed by atoms with van der Waals surface area (Å²) in [6.45, 7) is 3.19. The summed E-state index contributed by atoms with van der Waals surface area (Å²) in [5, 5.41) is 12.6. The molecule has 0 aliphatic carbocycles. The normalized spacial score (nSPS) is 17.5. The summed E-state index contributed by atoms with van der Waals surface area (Å²) in [5.41, 5.74) is 4.99. The lowest BCUT2D eigenvalue weighted by Gasteiger charge is -2.24. The maximum atomic E-state index is 14.1. The molecule has 5 nitrogen and oxygen atoms in total. The minimum absolute atomic E-state index is 0.0473. The Bertz CT molecular complexity index is 924. The number of amides is 1. The number of fused-ring (bicyclic) bond motifs is 2. The highest BCUT2D eigenvalue weighted by molar-refractivity contribution is 6.54. The molecule has 2 heterocycles. The number of carbonyl (C=O) groups excluding carboxylic acids is 1. The van der Waals surface area contributed by atoms with Gasteiger partial charge in [-0.25, -0.2) is 4.39 Å². The van der Waals surface area contributed by atoms with Gasteiger partial charge in [0.25, 0.3) is 5.91 Å². The highest BCUT2D eigenvalue weighted by Crippen LogP contribution is 2.35. The zero-order chi connectivity index (χ0) is 18.3.